The summed E-state index contributed by atoms with van der Waals surface area (Å²) in [6.45, 7) is -2.20. The van der Waals surface area contributed by atoms with Crippen LogP contribution < -0.4 is 16.2 Å². The number of anilines is 2. The van der Waals surface area contributed by atoms with E-state index in [0.29, 0.717) is 0 Å². The number of alkyl halides is 2. The van der Waals surface area contributed by atoms with E-state index in [1.807, 2.05) is 0 Å². The number of hydrogen-bond acceptors (Lipinski definition) is 5. The lowest BCUT2D eigenvalue weighted by molar-refractivity contribution is -0.0372. The molecule has 0 aliphatic rings. The van der Waals surface area contributed by atoms with Crippen molar-refractivity contribution in [3.8, 4) is 0 Å². The van der Waals surface area contributed by atoms with Crippen LogP contribution in [0.2, 0.25) is 0 Å². The number of aliphatic hydroxyl groups is 1. The Morgan fingerprint density at radius 2 is 2.00 bits per heavy atom. The monoisotopic (exact) mass is 281 g/mol. The van der Waals surface area contributed by atoms with E-state index in [2.05, 4.69) is 5.32 Å². The van der Waals surface area contributed by atoms with Crippen LogP contribution in [-0.4, -0.2) is 32.6 Å². The first kappa shape index (κ1) is 14.6. The van der Waals surface area contributed by atoms with E-state index < -0.39 is 29.1 Å². The van der Waals surface area contributed by atoms with E-state index in [-0.39, 0.29) is 16.3 Å². The molecule has 0 bridgehead atoms. The molecule has 6 N–H and O–H groups in total. The molecule has 0 amide bonds. The molecule has 0 spiro atoms. The first-order chi connectivity index (χ1) is 8.15. The molecule has 9 heteroatoms. The summed E-state index contributed by atoms with van der Waals surface area (Å²) in [4.78, 5) is -0.244. The van der Waals surface area contributed by atoms with Crippen molar-refractivity contribution in [1.82, 2.24) is 0 Å². The highest BCUT2D eigenvalue weighted by Gasteiger charge is 2.27. The smallest absolute Gasteiger partial charge is 0.287 e. The predicted molar refractivity (Wildman–Crippen MR) is 62.8 cm³/mol. The minimum absolute atomic E-state index is 0.00894. The zero-order chi connectivity index (χ0) is 14.0. The van der Waals surface area contributed by atoms with Gasteiger partial charge in [-0.2, -0.15) is 0 Å². The van der Waals surface area contributed by atoms with Crippen molar-refractivity contribution in [3.63, 3.8) is 0 Å². The fourth-order valence-corrected chi connectivity index (χ4v) is 1.69. The molecule has 0 saturated heterocycles. The standard InChI is InChI=1S/C9H13F2N3O3S/c10-9(11,5-15)4-14-8-3-6(18(13,16)17)1-2-7(8)12/h1-3,14-15H,4-5,12H2,(H2,13,16,17). The SMILES string of the molecule is Nc1ccc(S(N)(=O)=O)cc1NCC(F)(F)CO. The minimum atomic E-state index is -3.93. The van der Waals surface area contributed by atoms with Crippen LogP contribution in [-0.2, 0) is 10.0 Å². The third-order valence-electron chi connectivity index (χ3n) is 2.12. The fourth-order valence-electron chi connectivity index (χ4n) is 1.15. The number of nitrogens with two attached hydrogens (primary N) is 2. The second-order valence-electron chi connectivity index (χ2n) is 3.66. The van der Waals surface area contributed by atoms with Gasteiger partial charge < -0.3 is 16.2 Å². The highest BCUT2D eigenvalue weighted by Crippen LogP contribution is 2.23. The number of hydrogen-bond donors (Lipinski definition) is 4. The van der Waals surface area contributed by atoms with Gasteiger partial charge in [0.05, 0.1) is 22.8 Å². The third-order valence-corrected chi connectivity index (χ3v) is 3.03. The largest absolute Gasteiger partial charge is 0.397 e. The molecule has 0 unspecified atom stereocenters. The topological polar surface area (TPSA) is 118 Å². The van der Waals surface area contributed by atoms with Gasteiger partial charge in [-0.3, -0.25) is 0 Å². The van der Waals surface area contributed by atoms with Crippen molar-refractivity contribution in [2.75, 3.05) is 24.2 Å². The average Bonchev–Trinajstić information content (AvgIpc) is 2.26. The molecular formula is C9H13F2N3O3S. The van der Waals surface area contributed by atoms with E-state index in [1.54, 1.807) is 0 Å². The number of rotatable bonds is 5. The van der Waals surface area contributed by atoms with Gasteiger partial charge in [-0.05, 0) is 18.2 Å². The number of primary sulfonamides is 1. The lowest BCUT2D eigenvalue weighted by Gasteiger charge is -2.16. The normalized spacial score (nSPS) is 12.4. The Bertz CT molecular complexity index is 534. The van der Waals surface area contributed by atoms with Crippen molar-refractivity contribution in [2.45, 2.75) is 10.8 Å². The Morgan fingerprint density at radius 1 is 1.39 bits per heavy atom. The van der Waals surface area contributed by atoms with E-state index in [4.69, 9.17) is 16.0 Å². The second-order valence-corrected chi connectivity index (χ2v) is 5.22. The molecule has 0 saturated carbocycles. The second kappa shape index (κ2) is 5.04. The van der Waals surface area contributed by atoms with Crippen molar-refractivity contribution in [1.29, 1.82) is 0 Å². The Labute approximate surface area is 103 Å². The van der Waals surface area contributed by atoms with Gasteiger partial charge in [0, 0.05) is 0 Å². The van der Waals surface area contributed by atoms with Gasteiger partial charge in [0.2, 0.25) is 10.0 Å². The molecule has 102 valence electrons. The van der Waals surface area contributed by atoms with Crippen LogP contribution in [0.15, 0.2) is 23.1 Å². The van der Waals surface area contributed by atoms with Crippen LogP contribution >= 0.6 is 0 Å². The number of nitrogens with one attached hydrogen (secondary N) is 1. The molecule has 1 rings (SSSR count). The Hall–Kier alpha value is -1.45. The summed E-state index contributed by atoms with van der Waals surface area (Å²) in [6, 6.07) is 3.46. The quantitative estimate of drug-likeness (QED) is 0.564. The maximum absolute atomic E-state index is 12.8. The van der Waals surface area contributed by atoms with Crippen molar-refractivity contribution in [2.24, 2.45) is 5.14 Å². The lowest BCUT2D eigenvalue weighted by atomic mass is 10.2. The lowest BCUT2D eigenvalue weighted by Crippen LogP contribution is -2.31. The molecule has 0 aromatic heterocycles. The number of nitrogen functional groups attached to an aromatic ring is 1. The van der Waals surface area contributed by atoms with Crippen LogP contribution in [0.1, 0.15) is 0 Å². The summed E-state index contributed by atoms with van der Waals surface area (Å²) in [7, 11) is -3.93. The molecule has 1 aromatic rings. The zero-order valence-corrected chi connectivity index (χ0v) is 10.0. The summed E-state index contributed by atoms with van der Waals surface area (Å²) >= 11 is 0. The molecule has 0 radical (unpaired) electrons. The highest BCUT2D eigenvalue weighted by atomic mass is 32.2. The Morgan fingerprint density at radius 3 is 2.50 bits per heavy atom. The first-order valence-corrected chi connectivity index (χ1v) is 6.35. The Balaban J connectivity index is 2.96. The van der Waals surface area contributed by atoms with E-state index in [9.17, 15) is 17.2 Å². The minimum Gasteiger partial charge on any atom is -0.397 e. The van der Waals surface area contributed by atoms with Gasteiger partial charge in [-0.15, -0.1) is 0 Å². The van der Waals surface area contributed by atoms with Crippen LogP contribution in [0.25, 0.3) is 0 Å². The summed E-state index contributed by atoms with van der Waals surface area (Å²) < 4.78 is 47.8. The number of sulfonamides is 1. The van der Waals surface area contributed by atoms with Gasteiger partial charge in [0.15, 0.2) is 0 Å². The summed E-state index contributed by atoms with van der Waals surface area (Å²) in [5, 5.41) is 15.5. The van der Waals surface area contributed by atoms with Gasteiger partial charge in [-0.25, -0.2) is 22.3 Å². The number of benzene rings is 1. The van der Waals surface area contributed by atoms with Crippen LogP contribution in [0, 0.1) is 0 Å². The molecule has 18 heavy (non-hydrogen) atoms. The molecule has 0 aliphatic carbocycles. The third kappa shape index (κ3) is 3.79. The maximum Gasteiger partial charge on any atom is 0.287 e. The fraction of sp³-hybridized carbons (Fsp3) is 0.333. The van der Waals surface area contributed by atoms with Gasteiger partial charge in [-0.1, -0.05) is 0 Å². The van der Waals surface area contributed by atoms with Gasteiger partial charge in [0.25, 0.3) is 5.92 Å². The van der Waals surface area contributed by atoms with Crippen LogP contribution in [0.5, 0.6) is 0 Å². The van der Waals surface area contributed by atoms with Crippen molar-refractivity contribution >= 4 is 21.4 Å². The van der Waals surface area contributed by atoms with Crippen LogP contribution in [0.4, 0.5) is 20.2 Å². The first-order valence-electron chi connectivity index (χ1n) is 4.80. The van der Waals surface area contributed by atoms with Gasteiger partial charge >= 0.3 is 0 Å². The predicted octanol–water partition coefficient (Wildman–Crippen LogP) is -0.0443. The number of halogens is 2. The molecule has 0 aliphatic heterocycles. The summed E-state index contributed by atoms with van der Waals surface area (Å²) in [5.74, 6) is -3.33. The molecule has 1 aromatic carbocycles. The average molecular weight is 281 g/mol. The Kier molecular flexibility index (Phi) is 4.09. The number of aliphatic hydroxyl groups excluding tert-OH is 1. The molecule has 6 nitrogen and oxygen atoms in total. The van der Waals surface area contributed by atoms with Gasteiger partial charge in [0.1, 0.15) is 6.61 Å². The summed E-state index contributed by atoms with van der Waals surface area (Å²) in [6.07, 6.45) is 0. The van der Waals surface area contributed by atoms with E-state index in [0.717, 1.165) is 6.07 Å². The highest BCUT2D eigenvalue weighted by molar-refractivity contribution is 7.89. The molecular weight excluding hydrogens is 268 g/mol. The van der Waals surface area contributed by atoms with Crippen molar-refractivity contribution < 1.29 is 22.3 Å². The maximum atomic E-state index is 12.8. The van der Waals surface area contributed by atoms with Crippen molar-refractivity contribution in [3.05, 3.63) is 18.2 Å². The summed E-state index contributed by atoms with van der Waals surface area (Å²) in [5.41, 5.74) is 5.60. The van der Waals surface area contributed by atoms with E-state index in [1.165, 1.54) is 12.1 Å². The van der Waals surface area contributed by atoms with E-state index >= 15 is 0 Å². The molecule has 0 atom stereocenters. The molecule has 0 fully saturated rings. The zero-order valence-electron chi connectivity index (χ0n) is 9.23. The van der Waals surface area contributed by atoms with Crippen LogP contribution in [0.3, 0.4) is 0 Å². The molecule has 0 heterocycles.